The molecule has 0 radical (unpaired) electrons. The Morgan fingerprint density at radius 1 is 1.08 bits per heavy atom. The summed E-state index contributed by atoms with van der Waals surface area (Å²) in [5, 5.41) is 20.9. The van der Waals surface area contributed by atoms with Crippen LogP contribution in [0.4, 0.5) is 0 Å². The molecule has 7 rings (SSSR count). The van der Waals surface area contributed by atoms with Crippen molar-refractivity contribution in [2.45, 2.75) is 49.0 Å². The number of carbonyl (C=O) groups excluding carboxylic acids is 1. The minimum Gasteiger partial charge on any atom is -0.493 e. The predicted octanol–water partition coefficient (Wildman–Crippen LogP) is 8.81. The second kappa shape index (κ2) is 14.3. The fraction of sp³-hybridized carbons (Fsp3) is 0.324. The molecule has 2 aliphatic heterocycles. The summed E-state index contributed by atoms with van der Waals surface area (Å²) < 4.78 is 19.7. The molecule has 1 saturated heterocycles. The van der Waals surface area contributed by atoms with Crippen molar-refractivity contribution < 1.29 is 18.8 Å². The molecule has 0 unspecified atom stereocenters. The Kier molecular flexibility index (Phi) is 9.75. The van der Waals surface area contributed by atoms with Crippen LogP contribution in [0.5, 0.6) is 5.75 Å². The number of esters is 1. The fourth-order valence-electron chi connectivity index (χ4n) is 6.70. The monoisotopic (exact) mass is 700 g/mol. The Hall–Kier alpha value is -3.86. The molecule has 3 aromatic carbocycles. The third kappa shape index (κ3) is 6.45. The molecule has 8 nitrogen and oxygen atoms in total. The van der Waals surface area contributed by atoms with Gasteiger partial charge in [0.15, 0.2) is 0 Å². The molecule has 0 saturated carbocycles. The van der Waals surface area contributed by atoms with Crippen LogP contribution in [0.15, 0.2) is 69.7 Å². The first-order valence-electron chi connectivity index (χ1n) is 16.3. The van der Waals surface area contributed by atoms with E-state index in [0.29, 0.717) is 53.1 Å². The van der Waals surface area contributed by atoms with Crippen LogP contribution in [0, 0.1) is 5.41 Å². The summed E-state index contributed by atoms with van der Waals surface area (Å²) in [6, 6.07) is 18.4. The van der Waals surface area contributed by atoms with Crippen molar-refractivity contribution in [3.8, 4) is 5.75 Å². The van der Waals surface area contributed by atoms with Crippen LogP contribution in [-0.4, -0.2) is 46.9 Å². The molecule has 1 fully saturated rings. The van der Waals surface area contributed by atoms with E-state index in [2.05, 4.69) is 34.7 Å². The Labute approximate surface area is 293 Å². The van der Waals surface area contributed by atoms with Gasteiger partial charge >= 0.3 is 5.97 Å². The number of thioether (sulfide) groups is 2. The summed E-state index contributed by atoms with van der Waals surface area (Å²) in [6.45, 7) is 3.39. The number of ether oxygens (including phenoxy) is 2. The van der Waals surface area contributed by atoms with Crippen molar-refractivity contribution in [3.05, 3.63) is 93.6 Å². The number of benzene rings is 3. The van der Waals surface area contributed by atoms with Crippen LogP contribution in [-0.2, 0) is 29.7 Å². The van der Waals surface area contributed by atoms with Crippen LogP contribution in [0.2, 0.25) is 5.02 Å². The van der Waals surface area contributed by atoms with Crippen molar-refractivity contribution in [1.29, 1.82) is 5.41 Å². The van der Waals surface area contributed by atoms with Gasteiger partial charge in [0.05, 0.1) is 40.9 Å². The largest absolute Gasteiger partial charge is 0.493 e. The van der Waals surface area contributed by atoms with E-state index >= 15 is 0 Å². The van der Waals surface area contributed by atoms with E-state index < -0.39 is 0 Å². The van der Waals surface area contributed by atoms with Crippen LogP contribution in [0.1, 0.15) is 59.3 Å². The number of halogens is 1. The number of hydrogen-bond acceptors (Lipinski definition) is 9. The van der Waals surface area contributed by atoms with Crippen LogP contribution in [0.3, 0.4) is 0 Å². The van der Waals surface area contributed by atoms with Gasteiger partial charge in [0.2, 0.25) is 0 Å². The van der Waals surface area contributed by atoms with Gasteiger partial charge < -0.3 is 29.3 Å². The van der Waals surface area contributed by atoms with Crippen molar-refractivity contribution in [2.75, 3.05) is 25.5 Å². The Balaban J connectivity index is 1.35. The standard InChI is InChI=1S/C37H37ClN4O4S2/c1-3-44-37(43)36-27-10-7-15-45-32-18-25(16-22-8-4-5-9-26(22)32)48-20-24-17-23(41-46-24)19-47-21-30(39)34(31-11-6-14-40-31)33-29(38)13-12-28(27)35(33)42(36)2/h4-5,8-9,12-13,16-18,39-40H,3,6-7,10-11,14-15,19-21H2,1-2H3/b34-31+,39-30?. The van der Waals surface area contributed by atoms with E-state index in [9.17, 15) is 10.2 Å². The molecule has 11 heteroatoms. The van der Waals surface area contributed by atoms with Gasteiger partial charge in [0, 0.05) is 63.7 Å². The average molecular weight is 701 g/mol. The summed E-state index contributed by atoms with van der Waals surface area (Å²) in [4.78, 5) is 14.6. The number of allylic oxidation sites excluding steroid dienone is 2. The number of rotatable bonds is 2. The van der Waals surface area contributed by atoms with E-state index in [1.807, 2.05) is 48.9 Å². The van der Waals surface area contributed by atoms with Crippen molar-refractivity contribution in [3.63, 3.8) is 0 Å². The quantitative estimate of drug-likeness (QED) is 0.176. The lowest BCUT2D eigenvalue weighted by Crippen LogP contribution is -2.15. The number of carbonyl (C=O) groups is 1. The van der Waals surface area contributed by atoms with Crippen molar-refractivity contribution in [2.24, 2.45) is 7.05 Å². The molecule has 0 aliphatic carbocycles. The zero-order valence-corrected chi connectivity index (χ0v) is 29.4. The molecule has 2 N–H and O–H groups in total. The summed E-state index contributed by atoms with van der Waals surface area (Å²) in [5.41, 5.74) is 6.14. The first-order valence-corrected chi connectivity index (χ1v) is 18.8. The van der Waals surface area contributed by atoms with E-state index in [1.165, 1.54) is 0 Å². The Bertz CT molecular complexity index is 2060. The maximum atomic E-state index is 13.5. The van der Waals surface area contributed by atoms with Gasteiger partial charge in [-0.3, -0.25) is 0 Å². The van der Waals surface area contributed by atoms with Gasteiger partial charge in [-0.2, -0.15) is 0 Å². The molecule has 48 heavy (non-hydrogen) atoms. The highest BCUT2D eigenvalue weighted by molar-refractivity contribution is 7.99. The van der Waals surface area contributed by atoms with Gasteiger partial charge in [-0.1, -0.05) is 47.1 Å². The number of aromatic nitrogens is 2. The molecule has 8 bridgehead atoms. The predicted molar refractivity (Wildman–Crippen MR) is 196 cm³/mol. The van der Waals surface area contributed by atoms with E-state index in [1.54, 1.807) is 23.5 Å². The molecule has 5 aromatic rings. The zero-order chi connectivity index (χ0) is 33.2. The minimum atomic E-state index is -0.370. The lowest BCUT2D eigenvalue weighted by Gasteiger charge is -2.18. The molecular formula is C37H37ClN4O4S2. The second-order valence-corrected chi connectivity index (χ2v) is 14.4. The lowest BCUT2D eigenvalue weighted by atomic mass is 9.95. The molecule has 2 aromatic heterocycles. The topological polar surface area (TPSA) is 102 Å². The van der Waals surface area contributed by atoms with Gasteiger partial charge in [-0.15, -0.1) is 23.5 Å². The highest BCUT2D eigenvalue weighted by Gasteiger charge is 2.29. The maximum Gasteiger partial charge on any atom is 0.355 e. The Morgan fingerprint density at radius 3 is 2.79 bits per heavy atom. The van der Waals surface area contributed by atoms with Gasteiger partial charge in [0.25, 0.3) is 0 Å². The summed E-state index contributed by atoms with van der Waals surface area (Å²) in [7, 11) is 1.90. The summed E-state index contributed by atoms with van der Waals surface area (Å²) in [5.74, 6) is 2.98. The number of nitrogens with one attached hydrogen (secondary N) is 2. The van der Waals surface area contributed by atoms with Gasteiger partial charge in [-0.25, -0.2) is 4.79 Å². The van der Waals surface area contributed by atoms with E-state index in [-0.39, 0.29) is 12.6 Å². The zero-order valence-electron chi connectivity index (χ0n) is 27.0. The highest BCUT2D eigenvalue weighted by atomic mass is 35.5. The van der Waals surface area contributed by atoms with Crippen molar-refractivity contribution in [1.82, 2.24) is 15.0 Å². The van der Waals surface area contributed by atoms with E-state index in [0.717, 1.165) is 85.6 Å². The van der Waals surface area contributed by atoms with Gasteiger partial charge in [0.1, 0.15) is 17.2 Å². The highest BCUT2D eigenvalue weighted by Crippen LogP contribution is 2.40. The molecule has 0 spiro atoms. The fourth-order valence-corrected chi connectivity index (χ4v) is 8.59. The summed E-state index contributed by atoms with van der Waals surface area (Å²) >= 11 is 10.4. The molecule has 2 aliphatic rings. The summed E-state index contributed by atoms with van der Waals surface area (Å²) in [6.07, 6.45) is 3.09. The molecule has 248 valence electrons. The lowest BCUT2D eigenvalue weighted by molar-refractivity contribution is 0.0514. The van der Waals surface area contributed by atoms with Crippen LogP contribution >= 0.6 is 35.1 Å². The average Bonchev–Trinajstić information content (AvgIpc) is 3.83. The van der Waals surface area contributed by atoms with Crippen molar-refractivity contribution >= 4 is 74.1 Å². The first kappa shape index (κ1) is 32.7. The van der Waals surface area contributed by atoms with Crippen LogP contribution < -0.4 is 10.1 Å². The second-order valence-electron chi connectivity index (χ2n) is 11.9. The molecular weight excluding hydrogens is 664 g/mol. The minimum absolute atomic E-state index is 0.270. The number of fused-ring (bicyclic) bond motifs is 6. The molecule has 4 heterocycles. The first-order chi connectivity index (χ1) is 23.4. The molecule has 0 atom stereocenters. The SMILES string of the molecule is CCOC(=O)c1c2c3ccc(Cl)c(c3n1C)/C(=C1\CCCN1)C(=N)CSCc1cc(on1)CSc1cc(c3ccccc3c1)OCCC2. The smallest absolute Gasteiger partial charge is 0.355 e. The van der Waals surface area contributed by atoms with Gasteiger partial charge in [-0.05, 0) is 61.8 Å². The maximum absolute atomic E-state index is 13.5. The Morgan fingerprint density at radius 2 is 1.96 bits per heavy atom. The van der Waals surface area contributed by atoms with E-state index in [4.69, 9.17) is 25.6 Å². The third-order valence-electron chi connectivity index (χ3n) is 8.78. The molecule has 0 amide bonds. The van der Waals surface area contributed by atoms with Crippen LogP contribution in [0.25, 0.3) is 27.2 Å². The normalized spacial score (nSPS) is 17.7. The number of aryl methyl sites for hydroxylation is 2. The number of hydrogen-bond donors (Lipinski definition) is 2. The number of nitrogens with zero attached hydrogens (tertiary/aromatic N) is 2. The third-order valence-corrected chi connectivity index (χ3v) is 11.1.